The van der Waals surface area contributed by atoms with Gasteiger partial charge in [0.2, 0.25) is 0 Å². The lowest BCUT2D eigenvalue weighted by Crippen LogP contribution is -2.29. The molecule has 3 aromatic rings. The first-order valence-corrected chi connectivity index (χ1v) is 9.40. The molecule has 5 rings (SSSR count). The highest BCUT2D eigenvalue weighted by Crippen LogP contribution is 2.51. The summed E-state index contributed by atoms with van der Waals surface area (Å²) in [7, 11) is 0. The molecule has 0 fully saturated rings. The molecule has 0 radical (unpaired) electrons. The maximum Gasteiger partial charge on any atom is 0.174 e. The van der Waals surface area contributed by atoms with Crippen LogP contribution < -0.4 is 10.1 Å². The lowest BCUT2D eigenvalue weighted by atomic mass is 9.76. The molecule has 3 aromatic carbocycles. The molecule has 0 spiro atoms. The van der Waals surface area contributed by atoms with E-state index in [1.165, 1.54) is 27.6 Å². The van der Waals surface area contributed by atoms with Gasteiger partial charge in [-0.3, -0.25) is 0 Å². The largest absolute Gasteiger partial charge is 0.479 e. The zero-order valence-corrected chi connectivity index (χ0v) is 14.9. The van der Waals surface area contributed by atoms with Crippen LogP contribution in [0.1, 0.15) is 29.5 Å². The van der Waals surface area contributed by atoms with E-state index in [4.69, 9.17) is 10.00 Å². The van der Waals surface area contributed by atoms with Crippen molar-refractivity contribution in [3.05, 3.63) is 83.9 Å². The molecule has 2 aliphatic rings. The third-order valence-electron chi connectivity index (χ3n) is 5.80. The minimum Gasteiger partial charge on any atom is -0.479 e. The van der Waals surface area contributed by atoms with E-state index in [1.807, 2.05) is 18.2 Å². The Morgan fingerprint density at radius 2 is 1.89 bits per heavy atom. The molecule has 1 aliphatic carbocycles. The fourth-order valence-corrected chi connectivity index (χ4v) is 4.56. The van der Waals surface area contributed by atoms with Crippen molar-refractivity contribution in [1.29, 1.82) is 5.26 Å². The van der Waals surface area contributed by atoms with E-state index in [0.717, 1.165) is 12.2 Å². The SMILES string of the molecule is N#CCOc1ccc([C@@H]2Nc3c(ccc4ccccc34)[C@@H]3C=CC[C@@H]32)cc1. The van der Waals surface area contributed by atoms with Crippen molar-refractivity contribution in [2.45, 2.75) is 18.4 Å². The van der Waals surface area contributed by atoms with E-state index < -0.39 is 0 Å². The highest BCUT2D eigenvalue weighted by atomic mass is 16.5. The van der Waals surface area contributed by atoms with Crippen LogP contribution in [0.5, 0.6) is 5.75 Å². The lowest BCUT2D eigenvalue weighted by molar-refractivity contribution is 0.367. The minimum absolute atomic E-state index is 0.0784. The molecule has 1 N–H and O–H groups in total. The summed E-state index contributed by atoms with van der Waals surface area (Å²) in [6.45, 7) is 0.0784. The molecule has 3 heteroatoms. The standard InChI is InChI=1S/C24H20N2O/c25-14-15-27-18-11-8-17(9-12-18)23-21-7-3-6-20(21)22-13-10-16-4-1-2-5-19(16)24(22)26-23/h1-6,8-13,20-21,23,26H,7,15H2/t20-,21+,23+/m1/s1. The van der Waals surface area contributed by atoms with Crippen LogP contribution in [0.3, 0.4) is 0 Å². The van der Waals surface area contributed by atoms with Crippen LogP contribution >= 0.6 is 0 Å². The van der Waals surface area contributed by atoms with E-state index in [2.05, 4.69) is 66.0 Å². The highest BCUT2D eigenvalue weighted by Gasteiger charge is 2.38. The first-order valence-electron chi connectivity index (χ1n) is 9.40. The van der Waals surface area contributed by atoms with Gasteiger partial charge in [0, 0.05) is 17.0 Å². The molecule has 0 aromatic heterocycles. The fourth-order valence-electron chi connectivity index (χ4n) is 4.56. The van der Waals surface area contributed by atoms with Crippen molar-refractivity contribution in [2.75, 3.05) is 11.9 Å². The molecule has 0 unspecified atom stereocenters. The van der Waals surface area contributed by atoms with Gasteiger partial charge >= 0.3 is 0 Å². The van der Waals surface area contributed by atoms with Crippen molar-refractivity contribution in [3.63, 3.8) is 0 Å². The summed E-state index contributed by atoms with van der Waals surface area (Å²) in [5.74, 6) is 1.71. The van der Waals surface area contributed by atoms with Gasteiger partial charge in [-0.1, -0.05) is 60.7 Å². The number of hydrogen-bond donors (Lipinski definition) is 1. The normalized spacial score (nSPS) is 22.6. The predicted molar refractivity (Wildman–Crippen MR) is 108 cm³/mol. The lowest BCUT2D eigenvalue weighted by Gasteiger charge is -2.38. The number of rotatable bonds is 3. The molecular weight excluding hydrogens is 332 g/mol. The molecule has 27 heavy (non-hydrogen) atoms. The van der Waals surface area contributed by atoms with Gasteiger partial charge in [-0.25, -0.2) is 0 Å². The summed E-state index contributed by atoms with van der Waals surface area (Å²) in [4.78, 5) is 0. The molecule has 1 aliphatic heterocycles. The Balaban J connectivity index is 1.56. The minimum atomic E-state index is 0.0784. The summed E-state index contributed by atoms with van der Waals surface area (Å²) in [5, 5.41) is 15.1. The van der Waals surface area contributed by atoms with Crippen molar-refractivity contribution in [2.24, 2.45) is 5.92 Å². The Morgan fingerprint density at radius 1 is 1.04 bits per heavy atom. The second-order valence-corrected chi connectivity index (χ2v) is 7.24. The van der Waals surface area contributed by atoms with Crippen LogP contribution in [0.4, 0.5) is 5.69 Å². The monoisotopic (exact) mass is 352 g/mol. The van der Waals surface area contributed by atoms with Crippen LogP contribution in [0.2, 0.25) is 0 Å². The number of nitrogens with one attached hydrogen (secondary N) is 1. The molecule has 0 saturated carbocycles. The number of nitriles is 1. The molecule has 0 bridgehead atoms. The smallest absolute Gasteiger partial charge is 0.174 e. The van der Waals surface area contributed by atoms with E-state index >= 15 is 0 Å². The third-order valence-corrected chi connectivity index (χ3v) is 5.80. The molecule has 0 amide bonds. The van der Waals surface area contributed by atoms with Gasteiger partial charge in [-0.05, 0) is 41.0 Å². The Labute approximate surface area is 158 Å². The number of ether oxygens (including phenoxy) is 1. The Kier molecular flexibility index (Phi) is 3.83. The summed E-state index contributed by atoms with van der Waals surface area (Å²) >= 11 is 0. The molecule has 3 nitrogen and oxygen atoms in total. The maximum absolute atomic E-state index is 8.68. The van der Waals surface area contributed by atoms with Gasteiger partial charge in [-0.2, -0.15) is 5.26 Å². The molecule has 132 valence electrons. The summed E-state index contributed by atoms with van der Waals surface area (Å²) < 4.78 is 5.40. The van der Waals surface area contributed by atoms with Gasteiger partial charge in [0.15, 0.2) is 6.61 Å². The van der Waals surface area contributed by atoms with Gasteiger partial charge in [-0.15, -0.1) is 0 Å². The number of nitrogens with zero attached hydrogens (tertiary/aromatic N) is 1. The van der Waals surface area contributed by atoms with E-state index in [0.29, 0.717) is 11.8 Å². The second-order valence-electron chi connectivity index (χ2n) is 7.24. The second kappa shape index (κ2) is 6.48. The Hall–Kier alpha value is -3.25. The fraction of sp³-hybridized carbons (Fsp3) is 0.208. The molecule has 0 saturated heterocycles. The zero-order valence-electron chi connectivity index (χ0n) is 14.9. The number of allylic oxidation sites excluding steroid dienone is 2. The average molecular weight is 352 g/mol. The average Bonchev–Trinajstić information content (AvgIpc) is 3.22. The van der Waals surface area contributed by atoms with E-state index in [1.54, 1.807) is 0 Å². The van der Waals surface area contributed by atoms with E-state index in [9.17, 15) is 0 Å². The summed E-state index contributed by atoms with van der Waals surface area (Å²) in [6.07, 6.45) is 5.77. The van der Waals surface area contributed by atoms with Crippen molar-refractivity contribution < 1.29 is 4.74 Å². The molecule has 1 heterocycles. The zero-order chi connectivity index (χ0) is 18.2. The van der Waals surface area contributed by atoms with Crippen molar-refractivity contribution in [1.82, 2.24) is 0 Å². The van der Waals surface area contributed by atoms with Gasteiger partial charge in [0.25, 0.3) is 0 Å². The van der Waals surface area contributed by atoms with E-state index in [-0.39, 0.29) is 12.6 Å². The third kappa shape index (κ3) is 2.65. The Bertz CT molecular complexity index is 1060. The molecular formula is C24H20N2O. The summed E-state index contributed by atoms with van der Waals surface area (Å²) in [6, 6.07) is 23.5. The van der Waals surface area contributed by atoms with Gasteiger partial charge in [0.1, 0.15) is 11.8 Å². The first kappa shape index (κ1) is 16.0. The van der Waals surface area contributed by atoms with Crippen LogP contribution in [0, 0.1) is 17.2 Å². The van der Waals surface area contributed by atoms with Crippen LogP contribution in [-0.4, -0.2) is 6.61 Å². The van der Waals surface area contributed by atoms with Crippen LogP contribution in [-0.2, 0) is 0 Å². The van der Waals surface area contributed by atoms with Crippen molar-refractivity contribution in [3.8, 4) is 11.8 Å². The van der Waals surface area contributed by atoms with Gasteiger partial charge < -0.3 is 10.1 Å². The summed E-state index contributed by atoms with van der Waals surface area (Å²) in [5.41, 5.74) is 3.92. The quantitative estimate of drug-likeness (QED) is 0.627. The number of benzene rings is 3. The van der Waals surface area contributed by atoms with Gasteiger partial charge in [0.05, 0.1) is 6.04 Å². The Morgan fingerprint density at radius 3 is 2.74 bits per heavy atom. The number of hydrogen-bond acceptors (Lipinski definition) is 3. The van der Waals surface area contributed by atoms with Crippen LogP contribution in [0.15, 0.2) is 72.8 Å². The van der Waals surface area contributed by atoms with Crippen molar-refractivity contribution >= 4 is 16.5 Å². The topological polar surface area (TPSA) is 45.0 Å². The predicted octanol–water partition coefficient (Wildman–Crippen LogP) is 5.57. The number of anilines is 1. The highest BCUT2D eigenvalue weighted by molar-refractivity contribution is 5.96. The first-order chi connectivity index (χ1) is 13.3. The maximum atomic E-state index is 8.68. The molecule has 3 atom stereocenters. The van der Waals surface area contributed by atoms with Crippen LogP contribution in [0.25, 0.3) is 10.8 Å². The number of fused-ring (bicyclic) bond motifs is 5.